The van der Waals surface area contributed by atoms with Gasteiger partial charge in [-0.3, -0.25) is 0 Å². The van der Waals surface area contributed by atoms with Gasteiger partial charge in [0.05, 0.1) is 11.0 Å². The molecule has 0 radical (unpaired) electrons. The Kier molecular flexibility index (Phi) is 1.94. The van der Waals surface area contributed by atoms with E-state index >= 15 is 0 Å². The number of rotatable bonds is 0. The van der Waals surface area contributed by atoms with Gasteiger partial charge in [-0.15, -0.1) is 0 Å². The lowest BCUT2D eigenvalue weighted by molar-refractivity contribution is 0.894. The zero-order chi connectivity index (χ0) is 12.3. The molecule has 3 aromatic rings. The van der Waals surface area contributed by atoms with Crippen LogP contribution in [0.4, 0.5) is 0 Å². The molecule has 2 heterocycles. The minimum Gasteiger partial charge on any atom is -0.346 e. The number of aryl methyl sites for hydroxylation is 5. The van der Waals surface area contributed by atoms with Crippen LogP contribution in [0.15, 0.2) is 18.2 Å². The fourth-order valence-corrected chi connectivity index (χ4v) is 2.79. The Bertz CT molecular complexity index is 742. The van der Waals surface area contributed by atoms with Crippen LogP contribution in [0.1, 0.15) is 17.0 Å². The summed E-state index contributed by atoms with van der Waals surface area (Å²) in [5.74, 6) is 0. The number of hydrogen-bond acceptors (Lipinski definition) is 0. The van der Waals surface area contributed by atoms with Crippen LogP contribution in [0.5, 0.6) is 0 Å². The first kappa shape index (κ1) is 10.5. The summed E-state index contributed by atoms with van der Waals surface area (Å²) < 4.78 is 4.58. The van der Waals surface area contributed by atoms with E-state index in [-0.39, 0.29) is 0 Å². The van der Waals surface area contributed by atoms with Crippen LogP contribution in [-0.2, 0) is 14.1 Å². The molecule has 3 rings (SSSR count). The van der Waals surface area contributed by atoms with Crippen molar-refractivity contribution in [1.82, 2.24) is 9.13 Å². The van der Waals surface area contributed by atoms with Crippen LogP contribution >= 0.6 is 0 Å². The number of benzene rings is 1. The Morgan fingerprint density at radius 2 is 1.35 bits per heavy atom. The lowest BCUT2D eigenvalue weighted by Crippen LogP contribution is -1.95. The van der Waals surface area contributed by atoms with E-state index < -0.39 is 0 Å². The van der Waals surface area contributed by atoms with Crippen LogP contribution in [0.3, 0.4) is 0 Å². The second kappa shape index (κ2) is 3.16. The van der Waals surface area contributed by atoms with Crippen molar-refractivity contribution < 1.29 is 0 Å². The highest BCUT2D eigenvalue weighted by Gasteiger charge is 2.13. The smallest absolute Gasteiger partial charge is 0.0729 e. The molecule has 0 saturated heterocycles. The quantitative estimate of drug-likeness (QED) is 0.554. The van der Waals surface area contributed by atoms with E-state index in [0.717, 1.165) is 0 Å². The van der Waals surface area contributed by atoms with Crippen molar-refractivity contribution in [1.29, 1.82) is 0 Å². The molecule has 2 nitrogen and oxygen atoms in total. The summed E-state index contributed by atoms with van der Waals surface area (Å²) >= 11 is 0. The van der Waals surface area contributed by atoms with Gasteiger partial charge in [-0.2, -0.15) is 0 Å². The van der Waals surface area contributed by atoms with E-state index in [1.54, 1.807) is 0 Å². The van der Waals surface area contributed by atoms with E-state index in [4.69, 9.17) is 0 Å². The average Bonchev–Trinajstić information content (AvgIpc) is 2.70. The molecule has 0 saturated carbocycles. The summed E-state index contributed by atoms with van der Waals surface area (Å²) in [7, 11) is 4.30. The van der Waals surface area contributed by atoms with Crippen molar-refractivity contribution in [3.05, 3.63) is 35.2 Å². The number of aromatic nitrogens is 2. The van der Waals surface area contributed by atoms with Crippen LogP contribution in [0, 0.1) is 20.8 Å². The molecule has 0 aliphatic heterocycles. The molecule has 0 aliphatic carbocycles. The summed E-state index contributed by atoms with van der Waals surface area (Å²) in [5.41, 5.74) is 6.69. The van der Waals surface area contributed by atoms with Crippen LogP contribution < -0.4 is 0 Å². The van der Waals surface area contributed by atoms with Gasteiger partial charge in [-0.05, 0) is 44.5 Å². The monoisotopic (exact) mass is 226 g/mol. The maximum atomic E-state index is 2.30. The molecular weight excluding hydrogens is 208 g/mol. The van der Waals surface area contributed by atoms with E-state index in [0.29, 0.717) is 0 Å². The van der Waals surface area contributed by atoms with Crippen LogP contribution in [0.25, 0.3) is 21.8 Å². The van der Waals surface area contributed by atoms with Gasteiger partial charge in [-0.1, -0.05) is 0 Å². The molecule has 1 aromatic carbocycles. The lowest BCUT2D eigenvalue weighted by Gasteiger charge is -2.06. The van der Waals surface area contributed by atoms with Crippen molar-refractivity contribution in [2.24, 2.45) is 14.1 Å². The average molecular weight is 226 g/mol. The Morgan fingerprint density at radius 3 is 2.06 bits per heavy atom. The Morgan fingerprint density at radius 1 is 0.765 bits per heavy atom. The van der Waals surface area contributed by atoms with Gasteiger partial charge in [0, 0.05) is 36.3 Å². The van der Waals surface area contributed by atoms with Crippen molar-refractivity contribution >= 4 is 21.8 Å². The summed E-state index contributed by atoms with van der Waals surface area (Å²) in [6.07, 6.45) is 0. The predicted octanol–water partition coefficient (Wildman–Crippen LogP) is 3.60. The number of hydrogen-bond donors (Lipinski definition) is 0. The third kappa shape index (κ3) is 1.21. The van der Waals surface area contributed by atoms with Gasteiger partial charge < -0.3 is 9.13 Å². The molecule has 88 valence electrons. The van der Waals surface area contributed by atoms with E-state index in [2.05, 4.69) is 62.2 Å². The highest BCUT2D eigenvalue weighted by molar-refractivity contribution is 6.06. The first-order chi connectivity index (χ1) is 8.00. The normalized spacial score (nSPS) is 11.8. The Labute approximate surface area is 101 Å². The van der Waals surface area contributed by atoms with E-state index in [1.165, 1.54) is 38.8 Å². The molecule has 0 unspecified atom stereocenters. The van der Waals surface area contributed by atoms with Crippen molar-refractivity contribution in [2.45, 2.75) is 20.8 Å². The highest BCUT2D eigenvalue weighted by atomic mass is 15.0. The Balaban J connectivity index is 2.69. The topological polar surface area (TPSA) is 9.86 Å². The van der Waals surface area contributed by atoms with Gasteiger partial charge in [0.15, 0.2) is 0 Å². The second-order valence-electron chi connectivity index (χ2n) is 5.08. The van der Waals surface area contributed by atoms with Crippen LogP contribution in [0.2, 0.25) is 0 Å². The van der Waals surface area contributed by atoms with E-state index in [1.807, 2.05) is 0 Å². The van der Waals surface area contributed by atoms with Gasteiger partial charge in [0.25, 0.3) is 0 Å². The number of nitrogens with zero attached hydrogens (tertiary/aromatic N) is 2. The van der Waals surface area contributed by atoms with Crippen molar-refractivity contribution in [3.63, 3.8) is 0 Å². The molecule has 0 bridgehead atoms. The first-order valence-electron chi connectivity index (χ1n) is 6.02. The minimum absolute atomic E-state index is 1.31. The first-order valence-corrected chi connectivity index (χ1v) is 6.02. The third-order valence-electron chi connectivity index (χ3n) is 4.00. The SMILES string of the molecule is Cc1cc2cc(C)n(C)c2c2c1cc(C)n2C. The maximum Gasteiger partial charge on any atom is 0.0729 e. The fraction of sp³-hybridized carbons (Fsp3) is 0.333. The lowest BCUT2D eigenvalue weighted by atomic mass is 10.1. The predicted molar refractivity (Wildman–Crippen MR) is 73.6 cm³/mol. The summed E-state index contributed by atoms with van der Waals surface area (Å²) in [4.78, 5) is 0. The van der Waals surface area contributed by atoms with Crippen molar-refractivity contribution in [2.75, 3.05) is 0 Å². The summed E-state index contributed by atoms with van der Waals surface area (Å²) in [6, 6.07) is 6.85. The molecule has 2 heteroatoms. The standard InChI is InChI=1S/C15H18N2/c1-9-6-12-7-10(2)16(4)14(12)15-13(9)8-11(3)17(15)5/h6-8H,1-5H3. The molecule has 0 aliphatic rings. The highest BCUT2D eigenvalue weighted by Crippen LogP contribution is 2.31. The molecule has 0 atom stereocenters. The van der Waals surface area contributed by atoms with E-state index in [9.17, 15) is 0 Å². The molecule has 0 fully saturated rings. The van der Waals surface area contributed by atoms with Gasteiger partial charge in [0.1, 0.15) is 0 Å². The van der Waals surface area contributed by atoms with Gasteiger partial charge in [-0.25, -0.2) is 0 Å². The molecular formula is C15H18N2. The maximum absolute atomic E-state index is 2.30. The summed E-state index contributed by atoms with van der Waals surface area (Å²) in [6.45, 7) is 6.53. The second-order valence-corrected chi connectivity index (χ2v) is 5.08. The van der Waals surface area contributed by atoms with Gasteiger partial charge in [0.2, 0.25) is 0 Å². The summed E-state index contributed by atoms with van der Waals surface area (Å²) in [5, 5.41) is 2.72. The zero-order valence-corrected chi connectivity index (χ0v) is 11.1. The van der Waals surface area contributed by atoms with Gasteiger partial charge >= 0.3 is 0 Å². The molecule has 2 aromatic heterocycles. The zero-order valence-electron chi connectivity index (χ0n) is 11.1. The molecule has 0 amide bonds. The largest absolute Gasteiger partial charge is 0.346 e. The minimum atomic E-state index is 1.31. The third-order valence-corrected chi connectivity index (χ3v) is 4.00. The van der Waals surface area contributed by atoms with Crippen LogP contribution in [-0.4, -0.2) is 9.13 Å². The fourth-order valence-electron chi connectivity index (χ4n) is 2.79. The number of fused-ring (bicyclic) bond motifs is 3. The Hall–Kier alpha value is -1.70. The van der Waals surface area contributed by atoms with Crippen molar-refractivity contribution in [3.8, 4) is 0 Å². The molecule has 0 spiro atoms. The molecule has 17 heavy (non-hydrogen) atoms. The molecule has 0 N–H and O–H groups in total.